The van der Waals surface area contributed by atoms with Crippen LogP contribution in [0.4, 0.5) is 5.69 Å². The molecule has 1 heterocycles. The largest absolute Gasteiger partial charge is 0.409 e. The Morgan fingerprint density at radius 1 is 1.55 bits per heavy atom. The molecule has 0 aliphatic carbocycles. The molecule has 4 N–H and O–H groups in total. The highest BCUT2D eigenvalue weighted by molar-refractivity contribution is 6.11. The van der Waals surface area contributed by atoms with E-state index in [0.717, 1.165) is 0 Å². The van der Waals surface area contributed by atoms with E-state index in [-0.39, 0.29) is 17.8 Å². The van der Waals surface area contributed by atoms with Gasteiger partial charge in [-0.2, -0.15) is 5.10 Å². The van der Waals surface area contributed by atoms with Gasteiger partial charge in [-0.1, -0.05) is 19.0 Å². The van der Waals surface area contributed by atoms with Crippen LogP contribution in [0, 0.1) is 5.41 Å². The third-order valence-corrected chi connectivity index (χ3v) is 3.63. The summed E-state index contributed by atoms with van der Waals surface area (Å²) in [5.74, 6) is -0.364. The zero-order valence-electron chi connectivity index (χ0n) is 12.4. The lowest BCUT2D eigenvalue weighted by Gasteiger charge is -2.28. The van der Waals surface area contributed by atoms with E-state index < -0.39 is 5.41 Å². The van der Waals surface area contributed by atoms with Crippen molar-refractivity contribution in [2.75, 3.05) is 5.32 Å². The van der Waals surface area contributed by atoms with E-state index in [1.54, 1.807) is 17.1 Å². The number of nitrogens with one attached hydrogen (secondary N) is 1. The Bertz CT molecular complexity index is 489. The summed E-state index contributed by atoms with van der Waals surface area (Å²) < 4.78 is 1.75. The lowest BCUT2D eigenvalue weighted by Crippen LogP contribution is -2.46. The number of oxime groups is 1. The molecule has 0 aliphatic rings. The fraction of sp³-hybridized carbons (Fsp3) is 0.615. The number of nitrogens with zero attached hydrogens (tertiary/aromatic N) is 3. The average molecular weight is 281 g/mol. The summed E-state index contributed by atoms with van der Waals surface area (Å²) in [6, 6.07) is 0.215. The van der Waals surface area contributed by atoms with Gasteiger partial charge in [0, 0.05) is 12.2 Å². The number of carbonyl (C=O) groups excluding carboxylic acids is 1. The minimum absolute atomic E-state index is 0.0729. The first kappa shape index (κ1) is 16.0. The van der Waals surface area contributed by atoms with Gasteiger partial charge in [-0.3, -0.25) is 9.48 Å². The topological polar surface area (TPSA) is 106 Å². The summed E-state index contributed by atoms with van der Waals surface area (Å²) in [6.07, 6.45) is 4.23. The SMILES string of the molecule is CCC(CC)(C(=O)Nc1cnn(C(C)C)c1)C(N)=NO. The molecule has 0 aliphatic heterocycles. The number of nitrogens with two attached hydrogens (primary N) is 1. The average Bonchev–Trinajstić information content (AvgIpc) is 2.89. The number of carbonyl (C=O) groups is 1. The molecule has 7 nitrogen and oxygen atoms in total. The second kappa shape index (κ2) is 6.40. The van der Waals surface area contributed by atoms with Crippen molar-refractivity contribution in [3.8, 4) is 0 Å². The van der Waals surface area contributed by atoms with E-state index in [1.165, 1.54) is 0 Å². The molecule has 0 spiro atoms. The van der Waals surface area contributed by atoms with Gasteiger partial charge in [-0.05, 0) is 26.7 Å². The van der Waals surface area contributed by atoms with Crippen molar-refractivity contribution < 1.29 is 10.0 Å². The predicted molar refractivity (Wildman–Crippen MR) is 77.7 cm³/mol. The molecule has 0 aromatic carbocycles. The lowest BCUT2D eigenvalue weighted by molar-refractivity contribution is -0.122. The highest BCUT2D eigenvalue weighted by atomic mass is 16.4. The zero-order valence-corrected chi connectivity index (χ0v) is 12.4. The first-order valence-corrected chi connectivity index (χ1v) is 6.74. The van der Waals surface area contributed by atoms with Gasteiger partial charge in [0.1, 0.15) is 5.41 Å². The molecule has 0 radical (unpaired) electrons. The molecule has 0 fully saturated rings. The number of aromatic nitrogens is 2. The molecule has 1 aromatic heterocycles. The maximum Gasteiger partial charge on any atom is 0.238 e. The predicted octanol–water partition coefficient (Wildman–Crippen LogP) is 1.96. The van der Waals surface area contributed by atoms with Crippen LogP contribution in [0.3, 0.4) is 0 Å². The van der Waals surface area contributed by atoms with E-state index >= 15 is 0 Å². The van der Waals surface area contributed by atoms with Crippen molar-refractivity contribution in [1.29, 1.82) is 0 Å². The summed E-state index contributed by atoms with van der Waals surface area (Å²) in [6.45, 7) is 7.66. The van der Waals surface area contributed by atoms with Gasteiger partial charge in [0.15, 0.2) is 5.84 Å². The van der Waals surface area contributed by atoms with E-state index in [0.29, 0.717) is 18.5 Å². The Balaban J connectivity index is 2.96. The van der Waals surface area contributed by atoms with Crippen LogP contribution >= 0.6 is 0 Å². The lowest BCUT2D eigenvalue weighted by atomic mass is 9.80. The Hall–Kier alpha value is -2.05. The standard InChI is InChI=1S/C13H23N5O2/c1-5-13(6-2,11(14)17-20)12(19)16-10-7-15-18(8-10)9(3)4/h7-9,20H,5-6H2,1-4H3,(H2,14,17)(H,16,19). The molecule has 20 heavy (non-hydrogen) atoms. The van der Waals surface area contributed by atoms with Crippen molar-refractivity contribution in [3.63, 3.8) is 0 Å². The maximum atomic E-state index is 12.5. The monoisotopic (exact) mass is 281 g/mol. The van der Waals surface area contributed by atoms with Crippen molar-refractivity contribution >= 4 is 17.4 Å². The molecule has 1 amide bonds. The highest BCUT2D eigenvalue weighted by Crippen LogP contribution is 2.28. The van der Waals surface area contributed by atoms with Crippen LogP contribution in [-0.2, 0) is 4.79 Å². The third kappa shape index (κ3) is 2.92. The van der Waals surface area contributed by atoms with Crippen LogP contribution in [0.25, 0.3) is 0 Å². The summed E-state index contributed by atoms with van der Waals surface area (Å²) >= 11 is 0. The second-order valence-electron chi connectivity index (χ2n) is 5.03. The van der Waals surface area contributed by atoms with Crippen LogP contribution < -0.4 is 11.1 Å². The zero-order chi connectivity index (χ0) is 15.3. The minimum Gasteiger partial charge on any atom is -0.409 e. The van der Waals surface area contributed by atoms with Gasteiger partial charge < -0.3 is 16.3 Å². The number of amides is 1. The molecule has 1 aromatic rings. The van der Waals surface area contributed by atoms with Crippen molar-refractivity contribution in [2.45, 2.75) is 46.6 Å². The molecule has 7 heteroatoms. The Morgan fingerprint density at radius 3 is 2.55 bits per heavy atom. The number of anilines is 1. The molecular formula is C13H23N5O2. The molecule has 0 atom stereocenters. The molecule has 0 saturated heterocycles. The molecule has 112 valence electrons. The number of hydrogen-bond acceptors (Lipinski definition) is 4. The molecule has 0 bridgehead atoms. The van der Waals surface area contributed by atoms with Crippen molar-refractivity contribution in [3.05, 3.63) is 12.4 Å². The summed E-state index contributed by atoms with van der Waals surface area (Å²) in [7, 11) is 0. The quantitative estimate of drug-likeness (QED) is 0.321. The van der Waals surface area contributed by atoms with Gasteiger partial charge in [0.2, 0.25) is 5.91 Å². The fourth-order valence-corrected chi connectivity index (χ4v) is 2.08. The highest BCUT2D eigenvalue weighted by Gasteiger charge is 2.40. The summed E-state index contributed by atoms with van der Waals surface area (Å²) in [4.78, 5) is 12.5. The van der Waals surface area contributed by atoms with E-state index in [4.69, 9.17) is 10.9 Å². The summed E-state index contributed by atoms with van der Waals surface area (Å²) in [5, 5.41) is 18.8. The Morgan fingerprint density at radius 2 is 2.15 bits per heavy atom. The number of hydrogen-bond donors (Lipinski definition) is 3. The van der Waals surface area contributed by atoms with Gasteiger partial charge >= 0.3 is 0 Å². The Kier molecular flexibility index (Phi) is 5.12. The molecule has 0 saturated carbocycles. The smallest absolute Gasteiger partial charge is 0.238 e. The van der Waals surface area contributed by atoms with Crippen LogP contribution in [0.1, 0.15) is 46.6 Å². The maximum absolute atomic E-state index is 12.5. The fourth-order valence-electron chi connectivity index (χ4n) is 2.08. The van der Waals surface area contributed by atoms with E-state index in [2.05, 4.69) is 15.6 Å². The normalized spacial score (nSPS) is 12.8. The first-order chi connectivity index (χ1) is 9.41. The van der Waals surface area contributed by atoms with Crippen molar-refractivity contribution in [2.24, 2.45) is 16.3 Å². The van der Waals surface area contributed by atoms with E-state index in [1.807, 2.05) is 27.7 Å². The molecular weight excluding hydrogens is 258 g/mol. The van der Waals surface area contributed by atoms with E-state index in [9.17, 15) is 4.79 Å². The third-order valence-electron chi connectivity index (χ3n) is 3.63. The van der Waals surface area contributed by atoms with Gasteiger partial charge in [-0.15, -0.1) is 0 Å². The number of amidine groups is 1. The van der Waals surface area contributed by atoms with Gasteiger partial charge in [0.05, 0.1) is 11.9 Å². The minimum atomic E-state index is -1.01. The molecule has 1 rings (SSSR count). The van der Waals surface area contributed by atoms with Crippen LogP contribution in [0.2, 0.25) is 0 Å². The Labute approximate surface area is 118 Å². The van der Waals surface area contributed by atoms with Crippen molar-refractivity contribution in [1.82, 2.24) is 9.78 Å². The van der Waals surface area contributed by atoms with Gasteiger partial charge in [0.25, 0.3) is 0 Å². The van der Waals surface area contributed by atoms with Crippen LogP contribution in [0.5, 0.6) is 0 Å². The van der Waals surface area contributed by atoms with Crippen LogP contribution in [0.15, 0.2) is 17.5 Å². The molecule has 0 unspecified atom stereocenters. The van der Waals surface area contributed by atoms with Crippen LogP contribution in [-0.4, -0.2) is 26.7 Å². The van der Waals surface area contributed by atoms with Gasteiger partial charge in [-0.25, -0.2) is 0 Å². The second-order valence-corrected chi connectivity index (χ2v) is 5.03. The number of rotatable bonds is 6. The first-order valence-electron chi connectivity index (χ1n) is 6.74. The summed E-state index contributed by atoms with van der Waals surface area (Å²) in [5.41, 5.74) is 5.29.